The van der Waals surface area contributed by atoms with Crippen LogP contribution in [-0.4, -0.2) is 39.2 Å². The van der Waals surface area contributed by atoms with E-state index in [1.54, 1.807) is 10.9 Å². The van der Waals surface area contributed by atoms with Gasteiger partial charge in [-0.15, -0.1) is 0 Å². The summed E-state index contributed by atoms with van der Waals surface area (Å²) in [6.45, 7) is 7.13. The molecule has 1 aromatic heterocycles. The maximum Gasteiger partial charge on any atom is 0.257 e. The van der Waals surface area contributed by atoms with Crippen molar-refractivity contribution >= 4 is 5.91 Å². The molecule has 1 aromatic rings. The van der Waals surface area contributed by atoms with Crippen molar-refractivity contribution in [3.05, 3.63) is 29.4 Å². The van der Waals surface area contributed by atoms with Crippen LogP contribution in [0.1, 0.15) is 36.8 Å². The van der Waals surface area contributed by atoms with Crippen LogP contribution >= 0.6 is 0 Å². The first kappa shape index (κ1) is 14.7. The first-order chi connectivity index (χ1) is 9.38. The number of amides is 1. The smallest absolute Gasteiger partial charge is 0.257 e. The molecule has 0 aliphatic carbocycles. The average molecular weight is 280 g/mol. The Morgan fingerprint density at radius 3 is 2.80 bits per heavy atom. The van der Waals surface area contributed by atoms with Crippen LogP contribution in [0.15, 0.2) is 18.1 Å². The lowest BCUT2D eigenvalue weighted by molar-refractivity contribution is 0.0559. The van der Waals surface area contributed by atoms with Gasteiger partial charge in [-0.1, -0.05) is 0 Å². The molecule has 110 valence electrons. The van der Waals surface area contributed by atoms with Gasteiger partial charge in [-0.3, -0.25) is 9.48 Å². The highest BCUT2D eigenvalue weighted by atomic mass is 19.1. The molecule has 0 saturated heterocycles. The Morgan fingerprint density at radius 1 is 1.55 bits per heavy atom. The Morgan fingerprint density at radius 2 is 2.25 bits per heavy atom. The van der Waals surface area contributed by atoms with E-state index in [4.69, 9.17) is 5.73 Å². The molecule has 0 saturated carbocycles. The van der Waals surface area contributed by atoms with Gasteiger partial charge in [-0.2, -0.15) is 5.10 Å². The van der Waals surface area contributed by atoms with Crippen LogP contribution in [0.25, 0.3) is 0 Å². The summed E-state index contributed by atoms with van der Waals surface area (Å²) in [6, 6.07) is 0. The predicted molar refractivity (Wildman–Crippen MR) is 75.0 cm³/mol. The van der Waals surface area contributed by atoms with Crippen LogP contribution in [0.4, 0.5) is 4.39 Å². The van der Waals surface area contributed by atoms with Crippen LogP contribution < -0.4 is 5.73 Å². The van der Waals surface area contributed by atoms with Crippen LogP contribution in [0.3, 0.4) is 0 Å². The minimum atomic E-state index is -0.210. The van der Waals surface area contributed by atoms with Gasteiger partial charge < -0.3 is 10.6 Å². The Bertz CT molecular complexity index is 542. The molecule has 0 aromatic carbocycles. The van der Waals surface area contributed by atoms with Crippen molar-refractivity contribution in [2.45, 2.75) is 39.3 Å². The normalized spacial score (nSPS) is 16.6. The van der Waals surface area contributed by atoms with Crippen molar-refractivity contribution in [2.24, 2.45) is 5.73 Å². The summed E-state index contributed by atoms with van der Waals surface area (Å²) in [5, 5.41) is 4.21. The van der Waals surface area contributed by atoms with Gasteiger partial charge >= 0.3 is 0 Å². The zero-order chi connectivity index (χ0) is 14.9. The van der Waals surface area contributed by atoms with Gasteiger partial charge in [0, 0.05) is 25.0 Å². The van der Waals surface area contributed by atoms with E-state index in [0.29, 0.717) is 30.6 Å². The van der Waals surface area contributed by atoms with E-state index in [1.807, 2.05) is 25.7 Å². The average Bonchev–Trinajstić information content (AvgIpc) is 2.79. The third kappa shape index (κ3) is 2.60. The van der Waals surface area contributed by atoms with E-state index in [-0.39, 0.29) is 18.0 Å². The van der Waals surface area contributed by atoms with Crippen molar-refractivity contribution in [2.75, 3.05) is 13.1 Å². The highest BCUT2D eigenvalue weighted by Crippen LogP contribution is 2.25. The largest absolute Gasteiger partial charge is 0.333 e. The minimum Gasteiger partial charge on any atom is -0.333 e. The van der Waals surface area contributed by atoms with Crippen molar-refractivity contribution in [3.63, 3.8) is 0 Å². The molecule has 6 heteroatoms. The molecule has 0 spiro atoms. The summed E-state index contributed by atoms with van der Waals surface area (Å²) in [6.07, 6.45) is 2.81. The number of halogens is 1. The van der Waals surface area contributed by atoms with E-state index < -0.39 is 0 Å². The van der Waals surface area contributed by atoms with Gasteiger partial charge in [-0.25, -0.2) is 4.39 Å². The van der Waals surface area contributed by atoms with E-state index in [0.717, 1.165) is 12.1 Å². The Kier molecular flexibility index (Phi) is 3.94. The Balaban J connectivity index is 2.28. The summed E-state index contributed by atoms with van der Waals surface area (Å²) in [5.41, 5.74) is 7.18. The SMILES string of the molecule is CC(C)(C)N1CCc2c(cnn2CC(=CF)CN)C1=O. The van der Waals surface area contributed by atoms with Gasteiger partial charge in [0.25, 0.3) is 5.91 Å². The topological polar surface area (TPSA) is 64.2 Å². The summed E-state index contributed by atoms with van der Waals surface area (Å²) in [7, 11) is 0. The molecule has 0 bridgehead atoms. The number of rotatable bonds is 3. The summed E-state index contributed by atoms with van der Waals surface area (Å²) in [5.74, 6) is -0.0106. The molecule has 0 fully saturated rings. The lowest BCUT2D eigenvalue weighted by Gasteiger charge is -2.38. The van der Waals surface area contributed by atoms with Gasteiger partial charge in [0.05, 0.1) is 30.3 Å². The van der Waals surface area contributed by atoms with Gasteiger partial charge in [0.2, 0.25) is 0 Å². The number of nitrogens with zero attached hydrogens (tertiary/aromatic N) is 3. The monoisotopic (exact) mass is 280 g/mol. The Hall–Kier alpha value is -1.69. The van der Waals surface area contributed by atoms with Crippen molar-refractivity contribution in [3.8, 4) is 0 Å². The summed E-state index contributed by atoms with van der Waals surface area (Å²) < 4.78 is 14.3. The minimum absolute atomic E-state index is 0.0106. The molecule has 0 atom stereocenters. The molecular formula is C14H21FN4O. The van der Waals surface area contributed by atoms with Crippen LogP contribution in [0.2, 0.25) is 0 Å². The molecule has 2 rings (SSSR count). The first-order valence-electron chi connectivity index (χ1n) is 6.73. The van der Waals surface area contributed by atoms with Gasteiger partial charge in [0.15, 0.2) is 0 Å². The maximum absolute atomic E-state index is 12.6. The molecule has 5 nitrogen and oxygen atoms in total. The molecule has 1 aliphatic rings. The number of fused-ring (bicyclic) bond motifs is 1. The maximum atomic E-state index is 12.6. The van der Waals surface area contributed by atoms with Crippen molar-refractivity contribution in [1.29, 1.82) is 0 Å². The van der Waals surface area contributed by atoms with Gasteiger partial charge in [0.1, 0.15) is 0 Å². The number of nitrogens with two attached hydrogens (primary N) is 1. The number of carbonyl (C=O) groups excluding carboxylic acids is 1. The zero-order valence-corrected chi connectivity index (χ0v) is 12.2. The Labute approximate surface area is 118 Å². The highest BCUT2D eigenvalue weighted by Gasteiger charge is 2.34. The molecule has 0 unspecified atom stereocenters. The number of aromatic nitrogens is 2. The van der Waals surface area contributed by atoms with E-state index in [2.05, 4.69) is 5.10 Å². The molecule has 0 radical (unpaired) electrons. The fraction of sp³-hybridized carbons (Fsp3) is 0.571. The van der Waals surface area contributed by atoms with E-state index >= 15 is 0 Å². The second-order valence-electron chi connectivity index (χ2n) is 6.01. The third-order valence-electron chi connectivity index (χ3n) is 3.58. The summed E-state index contributed by atoms with van der Waals surface area (Å²) >= 11 is 0. The fourth-order valence-corrected chi connectivity index (χ4v) is 2.43. The molecular weight excluding hydrogens is 259 g/mol. The van der Waals surface area contributed by atoms with E-state index in [9.17, 15) is 9.18 Å². The van der Waals surface area contributed by atoms with Crippen LogP contribution in [-0.2, 0) is 13.0 Å². The van der Waals surface area contributed by atoms with Crippen molar-refractivity contribution in [1.82, 2.24) is 14.7 Å². The lowest BCUT2D eigenvalue weighted by atomic mass is 9.99. The van der Waals surface area contributed by atoms with Gasteiger partial charge in [-0.05, 0) is 26.3 Å². The number of hydrogen-bond donors (Lipinski definition) is 1. The fourth-order valence-electron chi connectivity index (χ4n) is 2.43. The van der Waals surface area contributed by atoms with Crippen LogP contribution in [0, 0.1) is 0 Å². The molecule has 20 heavy (non-hydrogen) atoms. The molecule has 1 aliphatic heterocycles. The standard InChI is InChI=1S/C14H21FN4O/c1-14(2,3)18-5-4-12-11(13(18)20)8-17-19(12)9-10(6-15)7-16/h6,8H,4-5,7,9,16H2,1-3H3. The van der Waals surface area contributed by atoms with Crippen molar-refractivity contribution < 1.29 is 9.18 Å². The summed E-state index contributed by atoms with van der Waals surface area (Å²) in [4.78, 5) is 14.3. The molecule has 2 heterocycles. The number of hydrogen-bond acceptors (Lipinski definition) is 3. The number of carbonyl (C=O) groups is 1. The molecule has 2 N–H and O–H groups in total. The lowest BCUT2D eigenvalue weighted by Crippen LogP contribution is -2.49. The quantitative estimate of drug-likeness (QED) is 0.912. The second kappa shape index (κ2) is 5.36. The molecule has 1 amide bonds. The van der Waals surface area contributed by atoms with Crippen LogP contribution in [0.5, 0.6) is 0 Å². The first-order valence-corrected chi connectivity index (χ1v) is 6.73. The third-order valence-corrected chi connectivity index (χ3v) is 3.58. The zero-order valence-electron chi connectivity index (χ0n) is 12.2. The second-order valence-corrected chi connectivity index (χ2v) is 6.01. The predicted octanol–water partition coefficient (Wildman–Crippen LogP) is 1.49. The highest BCUT2D eigenvalue weighted by molar-refractivity contribution is 5.96. The van der Waals surface area contributed by atoms with E-state index in [1.165, 1.54) is 0 Å².